The molecule has 0 aliphatic carbocycles. The third-order valence-corrected chi connectivity index (χ3v) is 5.79. The molecule has 0 bridgehead atoms. The van der Waals surface area contributed by atoms with E-state index in [1.807, 2.05) is 13.8 Å². The lowest BCUT2D eigenvalue weighted by Crippen LogP contribution is -2.43. The number of rotatable bonds is 5. The first-order valence-corrected chi connectivity index (χ1v) is 9.11. The largest absolute Gasteiger partial charge is 0.347 e. The molecule has 2 amide bonds. The van der Waals surface area contributed by atoms with Crippen LogP contribution < -0.4 is 5.32 Å². The van der Waals surface area contributed by atoms with Crippen molar-refractivity contribution in [2.75, 3.05) is 0 Å². The van der Waals surface area contributed by atoms with Gasteiger partial charge in [0, 0.05) is 17.1 Å². The van der Waals surface area contributed by atoms with Crippen molar-refractivity contribution < 1.29 is 18.0 Å². The zero-order chi connectivity index (χ0) is 18.3. The van der Waals surface area contributed by atoms with Gasteiger partial charge in [0.15, 0.2) is 0 Å². The van der Waals surface area contributed by atoms with E-state index in [0.717, 1.165) is 4.31 Å². The molecule has 0 aromatic heterocycles. The van der Waals surface area contributed by atoms with E-state index in [2.05, 4.69) is 11.9 Å². The zero-order valence-corrected chi connectivity index (χ0v) is 15.1. The first-order valence-electron chi connectivity index (χ1n) is 7.67. The van der Waals surface area contributed by atoms with E-state index in [9.17, 15) is 18.0 Å². The third-order valence-electron chi connectivity index (χ3n) is 3.79. The molecule has 7 heteroatoms. The van der Waals surface area contributed by atoms with E-state index < -0.39 is 33.4 Å². The molecule has 1 aliphatic rings. The summed E-state index contributed by atoms with van der Waals surface area (Å²) in [7, 11) is -3.92. The lowest BCUT2D eigenvalue weighted by atomic mass is 10.00. The third kappa shape index (κ3) is 3.08. The van der Waals surface area contributed by atoms with Crippen molar-refractivity contribution in [2.24, 2.45) is 0 Å². The quantitative estimate of drug-likeness (QED) is 0.826. The summed E-state index contributed by atoms with van der Waals surface area (Å²) in [6.45, 7) is 10.6. The van der Waals surface area contributed by atoms with Gasteiger partial charge in [0.2, 0.25) is 0 Å². The number of sulfonamides is 1. The molecule has 1 aliphatic heterocycles. The lowest BCUT2D eigenvalue weighted by molar-refractivity contribution is 0.0844. The van der Waals surface area contributed by atoms with E-state index in [1.165, 1.54) is 18.2 Å². The normalized spacial score (nSPS) is 16.2. The Hall–Kier alpha value is -2.15. The second-order valence-electron chi connectivity index (χ2n) is 6.74. The predicted molar refractivity (Wildman–Crippen MR) is 91.3 cm³/mol. The van der Waals surface area contributed by atoms with Crippen LogP contribution in [0.4, 0.5) is 0 Å². The molecule has 1 aromatic carbocycles. The van der Waals surface area contributed by atoms with Crippen molar-refractivity contribution in [1.82, 2.24) is 9.62 Å². The SMILES string of the molecule is C=CCC(C)(C)NC(=O)c1ccc2c(c1)S(=O)(=O)N(C(C)C)C2=O. The summed E-state index contributed by atoms with van der Waals surface area (Å²) in [5.41, 5.74) is -0.199. The average molecular weight is 350 g/mol. The maximum absolute atomic E-state index is 12.6. The average Bonchev–Trinajstić information content (AvgIpc) is 2.64. The van der Waals surface area contributed by atoms with Gasteiger partial charge in [0.1, 0.15) is 4.90 Å². The fourth-order valence-corrected chi connectivity index (χ4v) is 4.48. The van der Waals surface area contributed by atoms with Crippen LogP contribution in [0.15, 0.2) is 35.7 Å². The molecule has 0 spiro atoms. The highest BCUT2D eigenvalue weighted by Crippen LogP contribution is 2.32. The molecule has 6 nitrogen and oxygen atoms in total. The van der Waals surface area contributed by atoms with Crippen LogP contribution in [0.1, 0.15) is 54.8 Å². The summed E-state index contributed by atoms with van der Waals surface area (Å²) >= 11 is 0. The van der Waals surface area contributed by atoms with Crippen LogP contribution in [0.3, 0.4) is 0 Å². The first-order chi connectivity index (χ1) is 11.0. The van der Waals surface area contributed by atoms with Gasteiger partial charge in [-0.3, -0.25) is 9.59 Å². The Morgan fingerprint density at radius 2 is 2.00 bits per heavy atom. The maximum Gasteiger partial charge on any atom is 0.269 e. The molecule has 24 heavy (non-hydrogen) atoms. The molecule has 1 heterocycles. The van der Waals surface area contributed by atoms with Gasteiger partial charge in [-0.1, -0.05) is 6.08 Å². The van der Waals surface area contributed by atoms with Gasteiger partial charge in [0.25, 0.3) is 21.8 Å². The fourth-order valence-electron chi connectivity index (χ4n) is 2.69. The number of hydrogen-bond acceptors (Lipinski definition) is 4. The zero-order valence-electron chi connectivity index (χ0n) is 14.3. The van der Waals surface area contributed by atoms with Gasteiger partial charge in [-0.05, 0) is 52.3 Å². The van der Waals surface area contributed by atoms with Crippen LogP contribution in [0.5, 0.6) is 0 Å². The van der Waals surface area contributed by atoms with Crippen molar-refractivity contribution in [1.29, 1.82) is 0 Å². The summed E-state index contributed by atoms with van der Waals surface area (Å²) in [5.74, 6) is -0.950. The van der Waals surface area contributed by atoms with Gasteiger partial charge in [-0.15, -0.1) is 6.58 Å². The second-order valence-corrected chi connectivity index (χ2v) is 8.52. The second kappa shape index (κ2) is 6.05. The number of carbonyl (C=O) groups is 2. The fraction of sp³-hybridized carbons (Fsp3) is 0.412. The summed E-state index contributed by atoms with van der Waals surface area (Å²) in [5, 5.41) is 2.83. The highest BCUT2D eigenvalue weighted by atomic mass is 32.2. The van der Waals surface area contributed by atoms with Crippen LogP contribution in [0.25, 0.3) is 0 Å². The molecule has 0 saturated carbocycles. The molecule has 0 atom stereocenters. The van der Waals surface area contributed by atoms with E-state index in [-0.39, 0.29) is 16.0 Å². The van der Waals surface area contributed by atoms with Crippen LogP contribution in [-0.4, -0.2) is 36.1 Å². The summed E-state index contributed by atoms with van der Waals surface area (Å²) in [6.07, 6.45) is 2.27. The topological polar surface area (TPSA) is 83.6 Å². The Labute approximate surface area is 142 Å². The molecular formula is C17H22N2O4S. The monoisotopic (exact) mass is 350 g/mol. The molecule has 1 aromatic rings. The minimum absolute atomic E-state index is 0.102. The van der Waals surface area contributed by atoms with Crippen molar-refractivity contribution in [3.05, 3.63) is 42.0 Å². The smallest absolute Gasteiger partial charge is 0.269 e. The van der Waals surface area contributed by atoms with Crippen LogP contribution in [-0.2, 0) is 10.0 Å². The molecule has 130 valence electrons. The Morgan fingerprint density at radius 1 is 1.38 bits per heavy atom. The van der Waals surface area contributed by atoms with E-state index in [4.69, 9.17) is 0 Å². The molecule has 0 fully saturated rings. The van der Waals surface area contributed by atoms with Crippen LogP contribution in [0.2, 0.25) is 0 Å². The van der Waals surface area contributed by atoms with Crippen molar-refractivity contribution in [3.8, 4) is 0 Å². The molecule has 2 rings (SSSR count). The molecule has 0 saturated heterocycles. The summed E-state index contributed by atoms with van der Waals surface area (Å²) in [6, 6.07) is 3.64. The predicted octanol–water partition coefficient (Wildman–Crippen LogP) is 2.32. The van der Waals surface area contributed by atoms with E-state index in [1.54, 1.807) is 19.9 Å². The molecular weight excluding hydrogens is 328 g/mol. The van der Waals surface area contributed by atoms with Gasteiger partial charge in [0.05, 0.1) is 5.56 Å². The Balaban J connectivity index is 2.41. The number of carbonyl (C=O) groups excluding carboxylic acids is 2. The number of nitrogens with one attached hydrogen (secondary N) is 1. The van der Waals surface area contributed by atoms with Crippen LogP contribution >= 0.6 is 0 Å². The number of nitrogens with zero attached hydrogens (tertiary/aromatic N) is 1. The highest BCUT2D eigenvalue weighted by molar-refractivity contribution is 7.90. The van der Waals surface area contributed by atoms with Gasteiger partial charge >= 0.3 is 0 Å². The standard InChI is InChI=1S/C17H22N2O4S/c1-6-9-17(4,5)18-15(20)12-7-8-13-14(10-12)24(22,23)19(11(2)3)16(13)21/h6-8,10-11H,1,9H2,2-5H3,(H,18,20). The Kier molecular flexibility index (Phi) is 4.59. The van der Waals surface area contributed by atoms with Crippen LogP contribution in [0, 0.1) is 0 Å². The number of fused-ring (bicyclic) bond motifs is 1. The van der Waals surface area contributed by atoms with E-state index >= 15 is 0 Å². The number of amides is 2. The van der Waals surface area contributed by atoms with Crippen molar-refractivity contribution in [2.45, 2.75) is 50.6 Å². The van der Waals surface area contributed by atoms with Gasteiger partial charge in [-0.25, -0.2) is 12.7 Å². The molecule has 1 N–H and O–H groups in total. The number of hydrogen-bond donors (Lipinski definition) is 1. The van der Waals surface area contributed by atoms with Crippen molar-refractivity contribution in [3.63, 3.8) is 0 Å². The first kappa shape index (κ1) is 18.2. The van der Waals surface area contributed by atoms with E-state index in [0.29, 0.717) is 6.42 Å². The Bertz CT molecular complexity index is 810. The number of benzene rings is 1. The maximum atomic E-state index is 12.6. The molecule has 0 unspecified atom stereocenters. The minimum Gasteiger partial charge on any atom is -0.347 e. The van der Waals surface area contributed by atoms with Crippen molar-refractivity contribution >= 4 is 21.8 Å². The van der Waals surface area contributed by atoms with Gasteiger partial charge in [-0.2, -0.15) is 0 Å². The summed E-state index contributed by atoms with van der Waals surface area (Å²) < 4.78 is 26.0. The lowest BCUT2D eigenvalue weighted by Gasteiger charge is -2.24. The Morgan fingerprint density at radius 3 is 2.54 bits per heavy atom. The minimum atomic E-state index is -3.92. The summed E-state index contributed by atoms with van der Waals surface area (Å²) in [4.78, 5) is 24.6. The molecule has 0 radical (unpaired) electrons. The van der Waals surface area contributed by atoms with Gasteiger partial charge < -0.3 is 5.32 Å². The highest BCUT2D eigenvalue weighted by Gasteiger charge is 2.43.